The summed E-state index contributed by atoms with van der Waals surface area (Å²) in [7, 11) is 4.16. The van der Waals surface area contributed by atoms with E-state index in [1.54, 1.807) is 18.2 Å². The van der Waals surface area contributed by atoms with Crippen LogP contribution in [0.25, 0.3) is 0 Å². The van der Waals surface area contributed by atoms with Crippen LogP contribution in [0.5, 0.6) is 0 Å². The number of rotatable bonds is 4. The zero-order valence-electron chi connectivity index (χ0n) is 9.98. The second-order valence-electron chi connectivity index (χ2n) is 3.66. The number of quaternary nitrogens is 1. The largest absolute Gasteiger partial charge is 0.545 e. The molecule has 0 saturated heterocycles. The molecule has 0 spiro atoms. The van der Waals surface area contributed by atoms with E-state index in [0.29, 0.717) is 0 Å². The summed E-state index contributed by atoms with van der Waals surface area (Å²) in [5.74, 6) is -1.13. The molecular formula is C12H20N2O2. The van der Waals surface area contributed by atoms with Crippen LogP contribution < -0.4 is 10.8 Å². The minimum atomic E-state index is -1.13. The maximum atomic E-state index is 10.1. The van der Waals surface area contributed by atoms with Crippen molar-refractivity contribution in [2.75, 3.05) is 27.2 Å². The first-order chi connectivity index (χ1) is 7.57. The van der Waals surface area contributed by atoms with Crippen molar-refractivity contribution >= 4 is 5.97 Å². The van der Waals surface area contributed by atoms with Gasteiger partial charge in [0, 0.05) is 13.0 Å². The number of carbonyl (C=O) groups excluding carboxylic acids is 1. The molecule has 1 aromatic rings. The van der Waals surface area contributed by atoms with E-state index in [9.17, 15) is 9.90 Å². The number of benzene rings is 1. The lowest BCUT2D eigenvalue weighted by molar-refractivity contribution is -0.368. The molecule has 0 heterocycles. The molecule has 0 aliphatic rings. The Bertz CT molecular complexity index is 286. The zero-order valence-corrected chi connectivity index (χ0v) is 9.98. The molecule has 3 N–H and O–H groups in total. The predicted octanol–water partition coefficient (Wildman–Crippen LogP) is -0.770. The molecule has 0 atom stereocenters. The normalized spacial score (nSPS) is 9.50. The van der Waals surface area contributed by atoms with Gasteiger partial charge in [-0.3, -0.25) is 0 Å². The van der Waals surface area contributed by atoms with Crippen LogP contribution in [-0.2, 0) is 0 Å². The Hall–Kier alpha value is -1.39. The highest BCUT2D eigenvalue weighted by Gasteiger charge is 1.86. The summed E-state index contributed by atoms with van der Waals surface area (Å²) in [5.41, 5.74) is 3.95. The summed E-state index contributed by atoms with van der Waals surface area (Å²) in [5, 5.41) is 10.1. The van der Waals surface area contributed by atoms with Gasteiger partial charge in [0.1, 0.15) is 0 Å². The van der Waals surface area contributed by atoms with Gasteiger partial charge in [-0.05, 0) is 19.7 Å². The first-order valence-corrected chi connectivity index (χ1v) is 5.28. The minimum absolute atomic E-state index is 0.220. The van der Waals surface area contributed by atoms with Crippen molar-refractivity contribution in [1.29, 1.82) is 0 Å². The number of carboxylic acid groups (broad SMARTS) is 1. The van der Waals surface area contributed by atoms with Crippen LogP contribution in [0.15, 0.2) is 30.3 Å². The third-order valence-corrected chi connectivity index (χ3v) is 1.86. The van der Waals surface area contributed by atoms with Gasteiger partial charge in [-0.25, -0.2) is 0 Å². The first-order valence-electron chi connectivity index (χ1n) is 5.28. The molecule has 1 rings (SSSR count). The highest BCUT2D eigenvalue weighted by Crippen LogP contribution is 1.94. The average Bonchev–Trinajstić information content (AvgIpc) is 2.28. The van der Waals surface area contributed by atoms with Crippen LogP contribution >= 0.6 is 0 Å². The van der Waals surface area contributed by atoms with Gasteiger partial charge in [0.15, 0.2) is 0 Å². The second kappa shape index (κ2) is 8.88. The Balaban J connectivity index is 0.000000293. The monoisotopic (exact) mass is 224 g/mol. The highest BCUT2D eigenvalue weighted by molar-refractivity contribution is 5.85. The quantitative estimate of drug-likeness (QED) is 0.730. The summed E-state index contributed by atoms with van der Waals surface area (Å²) in [6, 6.07) is 8.06. The number of hydrogen-bond acceptors (Lipinski definition) is 3. The van der Waals surface area contributed by atoms with Crippen molar-refractivity contribution < 1.29 is 15.6 Å². The average molecular weight is 224 g/mol. The summed E-state index contributed by atoms with van der Waals surface area (Å²) >= 11 is 0. The van der Waals surface area contributed by atoms with Gasteiger partial charge in [-0.1, -0.05) is 30.3 Å². The van der Waals surface area contributed by atoms with E-state index in [2.05, 4.69) is 24.7 Å². The van der Waals surface area contributed by atoms with Crippen LogP contribution in [0.2, 0.25) is 0 Å². The Labute approximate surface area is 96.7 Å². The molecule has 0 aliphatic carbocycles. The van der Waals surface area contributed by atoms with Gasteiger partial charge in [0.2, 0.25) is 0 Å². The lowest BCUT2D eigenvalue weighted by atomic mass is 10.2. The number of hydrogen-bond donors (Lipinski definition) is 1. The molecule has 16 heavy (non-hydrogen) atoms. The summed E-state index contributed by atoms with van der Waals surface area (Å²) in [6.07, 6.45) is 1.22. The van der Waals surface area contributed by atoms with E-state index >= 15 is 0 Å². The van der Waals surface area contributed by atoms with Crippen molar-refractivity contribution in [1.82, 2.24) is 4.90 Å². The fourth-order valence-corrected chi connectivity index (χ4v) is 1.00. The number of nitrogens with zero attached hydrogens (tertiary/aromatic N) is 1. The molecule has 0 bridgehead atoms. The molecule has 0 aliphatic heterocycles. The molecule has 0 unspecified atom stereocenters. The molecule has 0 amide bonds. The highest BCUT2D eigenvalue weighted by atomic mass is 16.4. The molecule has 1 aromatic carbocycles. The standard InChI is InChI=1S/C7H6O2.C5H14N2/c8-7(9)6-4-2-1-3-5-6;1-7(2)5-3-4-6/h1-5H,(H,8,9);3-6H2,1-2H3. The van der Waals surface area contributed by atoms with Crippen LogP contribution in [0, 0.1) is 0 Å². The summed E-state index contributed by atoms with van der Waals surface area (Å²) in [6.45, 7) is 2.22. The molecule has 0 fully saturated rings. The Morgan fingerprint density at radius 1 is 1.31 bits per heavy atom. The molecule has 4 heteroatoms. The van der Waals surface area contributed by atoms with Crippen LogP contribution in [0.1, 0.15) is 16.8 Å². The van der Waals surface area contributed by atoms with Crippen molar-refractivity contribution in [3.63, 3.8) is 0 Å². The fraction of sp³-hybridized carbons (Fsp3) is 0.417. The summed E-state index contributed by atoms with van der Waals surface area (Å²) < 4.78 is 0. The minimum Gasteiger partial charge on any atom is -0.545 e. The number of aromatic carboxylic acids is 1. The number of carbonyl (C=O) groups is 1. The van der Waals surface area contributed by atoms with Crippen LogP contribution in [0.4, 0.5) is 0 Å². The van der Waals surface area contributed by atoms with Gasteiger partial charge in [0.05, 0.1) is 12.5 Å². The molecule has 0 radical (unpaired) electrons. The van der Waals surface area contributed by atoms with Gasteiger partial charge >= 0.3 is 0 Å². The second-order valence-corrected chi connectivity index (χ2v) is 3.66. The predicted molar refractivity (Wildman–Crippen MR) is 61.7 cm³/mol. The topological polar surface area (TPSA) is 71.0 Å². The molecule has 0 saturated carbocycles. The van der Waals surface area contributed by atoms with Crippen LogP contribution in [0.3, 0.4) is 0 Å². The lowest BCUT2D eigenvalue weighted by Gasteiger charge is -2.04. The van der Waals surface area contributed by atoms with Crippen molar-refractivity contribution in [2.24, 2.45) is 0 Å². The molecule has 0 aromatic heterocycles. The molecule has 90 valence electrons. The van der Waals surface area contributed by atoms with E-state index in [0.717, 1.165) is 6.54 Å². The van der Waals surface area contributed by atoms with E-state index in [1.807, 2.05) is 0 Å². The van der Waals surface area contributed by atoms with Crippen molar-refractivity contribution in [3.05, 3.63) is 35.9 Å². The Morgan fingerprint density at radius 2 is 1.88 bits per heavy atom. The Morgan fingerprint density at radius 3 is 2.12 bits per heavy atom. The van der Waals surface area contributed by atoms with Crippen molar-refractivity contribution in [2.45, 2.75) is 6.42 Å². The smallest absolute Gasteiger partial charge is 0.0752 e. The van der Waals surface area contributed by atoms with E-state index in [4.69, 9.17) is 0 Å². The van der Waals surface area contributed by atoms with E-state index in [1.165, 1.54) is 25.1 Å². The van der Waals surface area contributed by atoms with Crippen molar-refractivity contribution in [3.8, 4) is 0 Å². The molecular weight excluding hydrogens is 204 g/mol. The van der Waals surface area contributed by atoms with Gasteiger partial charge < -0.3 is 20.5 Å². The van der Waals surface area contributed by atoms with Gasteiger partial charge in [0.25, 0.3) is 0 Å². The van der Waals surface area contributed by atoms with Gasteiger partial charge in [-0.2, -0.15) is 0 Å². The third-order valence-electron chi connectivity index (χ3n) is 1.86. The fourth-order valence-electron chi connectivity index (χ4n) is 1.00. The first kappa shape index (κ1) is 14.6. The molecule has 4 nitrogen and oxygen atoms in total. The van der Waals surface area contributed by atoms with E-state index in [-0.39, 0.29) is 5.56 Å². The number of carboxylic acids is 1. The SMILES string of the molecule is CN(C)CCC[NH3+].O=C([O-])c1ccccc1. The Kier molecular flexibility index (Phi) is 8.11. The maximum Gasteiger partial charge on any atom is 0.0752 e. The van der Waals surface area contributed by atoms with E-state index < -0.39 is 5.97 Å². The third kappa shape index (κ3) is 7.96. The zero-order chi connectivity index (χ0) is 12.4. The summed E-state index contributed by atoms with van der Waals surface area (Å²) in [4.78, 5) is 12.3. The lowest BCUT2D eigenvalue weighted by Crippen LogP contribution is -2.50. The van der Waals surface area contributed by atoms with Crippen LogP contribution in [-0.4, -0.2) is 38.1 Å². The maximum absolute atomic E-state index is 10.1. The van der Waals surface area contributed by atoms with Gasteiger partial charge in [-0.15, -0.1) is 0 Å².